The van der Waals surface area contributed by atoms with Crippen LogP contribution >= 0.6 is 0 Å². The van der Waals surface area contributed by atoms with Crippen LogP contribution in [0.5, 0.6) is 5.75 Å². The smallest absolute Gasteiger partial charge is 0.241 e. The van der Waals surface area contributed by atoms with E-state index in [-0.39, 0.29) is 11.8 Å². The molecule has 1 amide bonds. The van der Waals surface area contributed by atoms with Gasteiger partial charge in [0.25, 0.3) is 0 Å². The van der Waals surface area contributed by atoms with Crippen LogP contribution in [0.2, 0.25) is 0 Å². The summed E-state index contributed by atoms with van der Waals surface area (Å²) < 4.78 is 5.63. The van der Waals surface area contributed by atoms with Crippen molar-refractivity contribution in [2.75, 3.05) is 11.9 Å². The van der Waals surface area contributed by atoms with Crippen LogP contribution in [0.15, 0.2) is 60.7 Å². The highest BCUT2D eigenvalue weighted by molar-refractivity contribution is 5.94. The van der Waals surface area contributed by atoms with Crippen LogP contribution in [0.4, 0.5) is 5.69 Å². The van der Waals surface area contributed by atoms with E-state index in [1.54, 1.807) is 0 Å². The number of hydrogen-bond acceptors (Lipinski definition) is 3. The van der Waals surface area contributed by atoms with Gasteiger partial charge in [0.2, 0.25) is 5.91 Å². The number of nitrogens with one attached hydrogen (secondary N) is 1. The second-order valence-electron chi connectivity index (χ2n) is 4.98. The van der Waals surface area contributed by atoms with E-state index in [1.165, 1.54) is 0 Å². The van der Waals surface area contributed by atoms with Crippen molar-refractivity contribution in [2.45, 2.75) is 13.0 Å². The molecule has 0 saturated heterocycles. The zero-order valence-electron chi connectivity index (χ0n) is 12.0. The highest BCUT2D eigenvalue weighted by atomic mass is 16.5. The average Bonchev–Trinajstić information content (AvgIpc) is 2.53. The Hall–Kier alpha value is -2.33. The summed E-state index contributed by atoms with van der Waals surface area (Å²) in [5.41, 5.74) is 6.73. The van der Waals surface area contributed by atoms with Gasteiger partial charge in [0, 0.05) is 11.6 Å². The van der Waals surface area contributed by atoms with E-state index in [4.69, 9.17) is 10.5 Å². The lowest BCUT2D eigenvalue weighted by atomic mass is 10.0. The second-order valence-corrected chi connectivity index (χ2v) is 4.98. The molecule has 2 rings (SSSR count). The highest BCUT2D eigenvalue weighted by Crippen LogP contribution is 2.12. The molecule has 3 N–H and O–H groups in total. The number of carbonyl (C=O) groups is 1. The summed E-state index contributed by atoms with van der Waals surface area (Å²) in [7, 11) is 0. The van der Waals surface area contributed by atoms with Gasteiger partial charge in [-0.25, -0.2) is 0 Å². The molecule has 0 aliphatic rings. The minimum Gasteiger partial charge on any atom is -0.493 e. The molecule has 0 saturated carbocycles. The predicted octanol–water partition coefficient (Wildman–Crippen LogP) is 2.67. The number of para-hydroxylation sites is 2. The summed E-state index contributed by atoms with van der Waals surface area (Å²) >= 11 is 0. The van der Waals surface area contributed by atoms with Gasteiger partial charge in [0.1, 0.15) is 5.75 Å². The van der Waals surface area contributed by atoms with E-state index in [0.29, 0.717) is 6.61 Å². The molecule has 110 valence electrons. The largest absolute Gasteiger partial charge is 0.493 e. The van der Waals surface area contributed by atoms with Crippen LogP contribution in [0.3, 0.4) is 0 Å². The maximum atomic E-state index is 12.1. The van der Waals surface area contributed by atoms with E-state index < -0.39 is 6.04 Å². The van der Waals surface area contributed by atoms with Crippen LogP contribution < -0.4 is 15.8 Å². The van der Waals surface area contributed by atoms with Gasteiger partial charge in [-0.2, -0.15) is 0 Å². The fourth-order valence-electron chi connectivity index (χ4n) is 1.85. The van der Waals surface area contributed by atoms with Crippen molar-refractivity contribution in [1.29, 1.82) is 0 Å². The molecule has 2 unspecified atom stereocenters. The van der Waals surface area contributed by atoms with Crippen molar-refractivity contribution in [3.63, 3.8) is 0 Å². The Kier molecular flexibility index (Phi) is 5.35. The Balaban J connectivity index is 1.84. The molecule has 2 atom stereocenters. The quantitative estimate of drug-likeness (QED) is 0.857. The number of carbonyl (C=O) groups excluding carboxylic acids is 1. The summed E-state index contributed by atoms with van der Waals surface area (Å²) in [6, 6.07) is 18.2. The Morgan fingerprint density at radius 2 is 1.67 bits per heavy atom. The molecule has 0 radical (unpaired) electrons. The highest BCUT2D eigenvalue weighted by Gasteiger charge is 2.21. The number of rotatable bonds is 6. The third kappa shape index (κ3) is 4.61. The first-order valence-corrected chi connectivity index (χ1v) is 6.96. The van der Waals surface area contributed by atoms with Gasteiger partial charge in [-0.05, 0) is 24.3 Å². The Morgan fingerprint density at radius 1 is 1.10 bits per heavy atom. The van der Waals surface area contributed by atoms with Crippen LogP contribution in [0.25, 0.3) is 0 Å². The molecule has 0 aliphatic heterocycles. The zero-order valence-corrected chi connectivity index (χ0v) is 12.0. The van der Waals surface area contributed by atoms with Crippen molar-refractivity contribution in [3.05, 3.63) is 60.7 Å². The average molecular weight is 284 g/mol. The topological polar surface area (TPSA) is 64.3 Å². The number of ether oxygens (including phenoxy) is 1. The first-order valence-electron chi connectivity index (χ1n) is 6.96. The summed E-state index contributed by atoms with van der Waals surface area (Å²) in [6.45, 7) is 2.30. The number of benzene rings is 2. The minimum absolute atomic E-state index is 0.0890. The number of amides is 1. The van der Waals surface area contributed by atoms with E-state index in [2.05, 4.69) is 5.32 Å². The first kappa shape index (κ1) is 15.1. The molecule has 0 bridgehead atoms. The van der Waals surface area contributed by atoms with Crippen molar-refractivity contribution < 1.29 is 9.53 Å². The van der Waals surface area contributed by atoms with Gasteiger partial charge in [-0.1, -0.05) is 43.3 Å². The fraction of sp³-hybridized carbons (Fsp3) is 0.235. The van der Waals surface area contributed by atoms with Gasteiger partial charge in [-0.3, -0.25) is 4.79 Å². The van der Waals surface area contributed by atoms with Crippen molar-refractivity contribution in [2.24, 2.45) is 11.7 Å². The third-order valence-electron chi connectivity index (χ3n) is 3.21. The van der Waals surface area contributed by atoms with Crippen LogP contribution in [-0.2, 0) is 4.79 Å². The maximum absolute atomic E-state index is 12.1. The van der Waals surface area contributed by atoms with Gasteiger partial charge in [0.05, 0.1) is 12.6 Å². The van der Waals surface area contributed by atoms with Crippen LogP contribution in [0.1, 0.15) is 6.92 Å². The minimum atomic E-state index is -0.617. The lowest BCUT2D eigenvalue weighted by Crippen LogP contribution is -2.43. The molecular weight excluding hydrogens is 264 g/mol. The first-order chi connectivity index (χ1) is 10.2. The number of nitrogens with two attached hydrogens (primary N) is 1. The van der Waals surface area contributed by atoms with Crippen LogP contribution in [-0.4, -0.2) is 18.6 Å². The maximum Gasteiger partial charge on any atom is 0.241 e. The normalized spacial score (nSPS) is 13.2. The molecule has 21 heavy (non-hydrogen) atoms. The molecule has 0 aromatic heterocycles. The molecule has 0 aliphatic carbocycles. The van der Waals surface area contributed by atoms with E-state index in [0.717, 1.165) is 11.4 Å². The van der Waals surface area contributed by atoms with E-state index >= 15 is 0 Å². The SMILES string of the molecule is CC(COc1ccccc1)C(N)C(=O)Nc1ccccc1. The van der Waals surface area contributed by atoms with E-state index in [9.17, 15) is 4.79 Å². The number of anilines is 1. The lowest BCUT2D eigenvalue weighted by molar-refractivity contribution is -0.118. The number of hydrogen-bond donors (Lipinski definition) is 2. The van der Waals surface area contributed by atoms with Crippen LogP contribution in [0, 0.1) is 5.92 Å². The molecule has 4 heteroatoms. The summed E-state index contributed by atoms with van der Waals surface area (Å²) in [5.74, 6) is 0.485. The Morgan fingerprint density at radius 3 is 2.29 bits per heavy atom. The molecule has 4 nitrogen and oxygen atoms in total. The van der Waals surface area contributed by atoms with Crippen molar-refractivity contribution in [1.82, 2.24) is 0 Å². The van der Waals surface area contributed by atoms with Crippen molar-refractivity contribution >= 4 is 11.6 Å². The van der Waals surface area contributed by atoms with Gasteiger partial charge in [0.15, 0.2) is 0 Å². The zero-order chi connectivity index (χ0) is 15.1. The van der Waals surface area contributed by atoms with E-state index in [1.807, 2.05) is 67.6 Å². The standard InChI is InChI=1S/C17H20N2O2/c1-13(12-21-15-10-6-3-7-11-15)16(18)17(20)19-14-8-4-2-5-9-14/h2-11,13,16H,12,18H2,1H3,(H,19,20). The summed E-state index contributed by atoms with van der Waals surface area (Å²) in [4.78, 5) is 12.1. The second kappa shape index (κ2) is 7.45. The van der Waals surface area contributed by atoms with Gasteiger partial charge >= 0.3 is 0 Å². The predicted molar refractivity (Wildman–Crippen MR) is 84.1 cm³/mol. The Bertz CT molecular complexity index is 558. The van der Waals surface area contributed by atoms with Crippen molar-refractivity contribution in [3.8, 4) is 5.75 Å². The third-order valence-corrected chi connectivity index (χ3v) is 3.21. The van der Waals surface area contributed by atoms with Gasteiger partial charge < -0.3 is 15.8 Å². The fourth-order valence-corrected chi connectivity index (χ4v) is 1.85. The lowest BCUT2D eigenvalue weighted by Gasteiger charge is -2.19. The molecule has 2 aromatic rings. The molecule has 0 fully saturated rings. The molecule has 0 heterocycles. The summed E-state index contributed by atoms with van der Waals surface area (Å²) in [5, 5.41) is 2.80. The molecule has 0 spiro atoms. The van der Waals surface area contributed by atoms with Gasteiger partial charge in [-0.15, -0.1) is 0 Å². The Labute approximate surface area is 124 Å². The molecule has 2 aromatic carbocycles. The summed E-state index contributed by atoms with van der Waals surface area (Å²) in [6.07, 6.45) is 0. The molecular formula is C17H20N2O2. The monoisotopic (exact) mass is 284 g/mol.